The molecule has 0 N–H and O–H groups in total. The fourth-order valence-corrected chi connectivity index (χ4v) is 2.02. The third-order valence-electron chi connectivity index (χ3n) is 3.00. The van der Waals surface area contributed by atoms with Gasteiger partial charge < -0.3 is 0 Å². The highest BCUT2D eigenvalue weighted by molar-refractivity contribution is 6.06. The lowest BCUT2D eigenvalue weighted by molar-refractivity contribution is -0.112. The van der Waals surface area contributed by atoms with Gasteiger partial charge in [0.15, 0.2) is 0 Å². The highest BCUT2D eigenvalue weighted by Crippen LogP contribution is 2.09. The second-order valence-electron chi connectivity index (χ2n) is 4.38. The molecule has 1 aromatic heterocycles. The fraction of sp³-hybridized carbons (Fsp3) is 0. The highest BCUT2D eigenvalue weighted by Gasteiger charge is 1.99. The molecule has 0 atom stereocenters. The predicted octanol–water partition coefficient (Wildman–Crippen LogP) is 1.86. The third kappa shape index (κ3) is 2.62. The van der Waals surface area contributed by atoms with E-state index in [1.807, 2.05) is 54.9 Å². The standard InChI is InChI=1S/C9H7N.C8H5NO/c1-2-4-9-7-10-6-5-8(9)3-1;10-8-5-6-3-1-2-4-7(6)9-8/h1-7H;1-5H. The molecule has 3 nitrogen and oxygen atoms in total. The summed E-state index contributed by atoms with van der Waals surface area (Å²) in [4.78, 5) is 18.4. The number of carbonyl (C=O) groups is 1. The average molecular weight is 260 g/mol. The van der Waals surface area contributed by atoms with Crippen LogP contribution in [0.15, 0.2) is 72.0 Å². The van der Waals surface area contributed by atoms with Gasteiger partial charge >= 0.3 is 0 Å². The maximum atomic E-state index is 10.7. The van der Waals surface area contributed by atoms with E-state index in [1.165, 1.54) is 16.8 Å². The van der Waals surface area contributed by atoms with Crippen molar-refractivity contribution in [2.45, 2.75) is 0 Å². The Hall–Kier alpha value is -2.81. The van der Waals surface area contributed by atoms with E-state index < -0.39 is 0 Å². The summed E-state index contributed by atoms with van der Waals surface area (Å²) in [5.74, 6) is -0.152. The van der Waals surface area contributed by atoms with Crippen molar-refractivity contribution in [1.29, 1.82) is 0 Å². The Morgan fingerprint density at radius 2 is 1.55 bits per heavy atom. The van der Waals surface area contributed by atoms with Crippen LogP contribution in [0.1, 0.15) is 0 Å². The lowest BCUT2D eigenvalue weighted by Crippen LogP contribution is -2.19. The second kappa shape index (κ2) is 5.45. The third-order valence-corrected chi connectivity index (χ3v) is 3.00. The number of pyridine rings is 1. The molecule has 0 aliphatic carbocycles. The number of para-hydroxylation sites is 1. The highest BCUT2D eigenvalue weighted by atomic mass is 16.1. The van der Waals surface area contributed by atoms with Crippen molar-refractivity contribution in [3.05, 3.63) is 77.6 Å². The van der Waals surface area contributed by atoms with E-state index in [1.54, 1.807) is 0 Å². The number of fused-ring (bicyclic) bond motifs is 2. The molecule has 3 heteroatoms. The molecule has 2 heterocycles. The van der Waals surface area contributed by atoms with Crippen molar-refractivity contribution in [1.82, 2.24) is 4.98 Å². The Morgan fingerprint density at radius 3 is 2.35 bits per heavy atom. The van der Waals surface area contributed by atoms with Gasteiger partial charge in [0.2, 0.25) is 0 Å². The Balaban J connectivity index is 0.000000121. The summed E-state index contributed by atoms with van der Waals surface area (Å²) in [6.45, 7) is 0. The average Bonchev–Trinajstić information content (AvgIpc) is 2.88. The topological polar surface area (TPSA) is 42.3 Å². The van der Waals surface area contributed by atoms with Gasteiger partial charge in [-0.3, -0.25) is 9.78 Å². The zero-order chi connectivity index (χ0) is 13.8. The second-order valence-corrected chi connectivity index (χ2v) is 4.38. The maximum absolute atomic E-state index is 10.7. The molecule has 20 heavy (non-hydrogen) atoms. The molecule has 0 spiro atoms. The summed E-state index contributed by atoms with van der Waals surface area (Å²) in [5, 5.41) is 4.16. The minimum Gasteiger partial charge on any atom is -0.267 e. The molecule has 0 radical (unpaired) electrons. The van der Waals surface area contributed by atoms with Crippen molar-refractivity contribution in [2.24, 2.45) is 4.99 Å². The summed E-state index contributed by atoms with van der Waals surface area (Å²) in [6.07, 6.45) is 5.22. The van der Waals surface area contributed by atoms with E-state index in [4.69, 9.17) is 0 Å². The number of benzene rings is 2. The first-order valence-electron chi connectivity index (χ1n) is 6.31. The first-order valence-corrected chi connectivity index (χ1v) is 6.31. The van der Waals surface area contributed by atoms with E-state index in [9.17, 15) is 4.79 Å². The van der Waals surface area contributed by atoms with Crippen LogP contribution < -0.4 is 10.6 Å². The van der Waals surface area contributed by atoms with Gasteiger partial charge in [0, 0.05) is 23.7 Å². The molecule has 4 rings (SSSR count). The predicted molar refractivity (Wildman–Crippen MR) is 78.4 cm³/mol. The van der Waals surface area contributed by atoms with Gasteiger partial charge in [-0.15, -0.1) is 0 Å². The minimum absolute atomic E-state index is 0.152. The molecule has 1 aliphatic rings. The van der Waals surface area contributed by atoms with Crippen molar-refractivity contribution in [3.8, 4) is 0 Å². The summed E-state index contributed by atoms with van der Waals surface area (Å²) in [7, 11) is 0. The number of hydrogen-bond donors (Lipinski definition) is 0. The van der Waals surface area contributed by atoms with Crippen LogP contribution >= 0.6 is 0 Å². The first-order chi connectivity index (χ1) is 9.83. The van der Waals surface area contributed by atoms with E-state index in [-0.39, 0.29) is 5.91 Å². The van der Waals surface area contributed by atoms with E-state index in [0.717, 1.165) is 10.6 Å². The Kier molecular flexibility index (Phi) is 3.33. The zero-order valence-electron chi connectivity index (χ0n) is 10.7. The van der Waals surface area contributed by atoms with Gasteiger partial charge in [-0.1, -0.05) is 42.5 Å². The molecule has 2 aromatic carbocycles. The van der Waals surface area contributed by atoms with Crippen molar-refractivity contribution in [3.63, 3.8) is 0 Å². The van der Waals surface area contributed by atoms with Crippen LogP contribution in [-0.4, -0.2) is 10.9 Å². The molecule has 1 aliphatic heterocycles. The van der Waals surface area contributed by atoms with E-state index in [2.05, 4.69) is 22.1 Å². The lowest BCUT2D eigenvalue weighted by Gasteiger charge is -1.91. The van der Waals surface area contributed by atoms with Crippen LogP contribution in [0.2, 0.25) is 0 Å². The van der Waals surface area contributed by atoms with Gasteiger partial charge in [0.25, 0.3) is 5.91 Å². The number of nitrogens with zero attached hydrogens (tertiary/aromatic N) is 2. The Bertz CT molecular complexity index is 782. The van der Waals surface area contributed by atoms with Gasteiger partial charge in [-0.05, 0) is 22.9 Å². The largest absolute Gasteiger partial charge is 0.270 e. The lowest BCUT2D eigenvalue weighted by atomic mass is 10.2. The summed E-state index contributed by atoms with van der Waals surface area (Å²) in [5.41, 5.74) is 0. The SMILES string of the molecule is O=C1C=c2ccccc2=N1.c1ccc2cnccc2c1. The fourth-order valence-electron chi connectivity index (χ4n) is 2.02. The first kappa shape index (κ1) is 12.2. The maximum Gasteiger partial charge on any atom is 0.270 e. The molecule has 3 aromatic rings. The molecule has 0 bridgehead atoms. The molecular weight excluding hydrogens is 248 g/mol. The van der Waals surface area contributed by atoms with Crippen LogP contribution in [0, 0.1) is 0 Å². The summed E-state index contributed by atoms with van der Waals surface area (Å²) >= 11 is 0. The van der Waals surface area contributed by atoms with Crippen LogP contribution in [0.3, 0.4) is 0 Å². The minimum atomic E-state index is -0.152. The van der Waals surface area contributed by atoms with Crippen LogP contribution in [0.4, 0.5) is 0 Å². The molecule has 1 amide bonds. The van der Waals surface area contributed by atoms with Crippen molar-refractivity contribution < 1.29 is 4.79 Å². The summed E-state index contributed by atoms with van der Waals surface area (Å²) in [6, 6.07) is 17.7. The quantitative estimate of drug-likeness (QED) is 0.619. The Labute approximate surface area is 115 Å². The van der Waals surface area contributed by atoms with Gasteiger partial charge in [0.05, 0.1) is 5.36 Å². The van der Waals surface area contributed by atoms with Gasteiger partial charge in [0.1, 0.15) is 0 Å². The number of carbonyl (C=O) groups excluding carboxylic acids is 1. The number of amides is 1. The normalized spacial score (nSPS) is 11.9. The monoisotopic (exact) mass is 260 g/mol. The molecule has 0 unspecified atom stereocenters. The van der Waals surface area contributed by atoms with Crippen LogP contribution in [0.25, 0.3) is 16.8 Å². The molecular formula is C17H12N2O. The molecule has 0 saturated heterocycles. The van der Waals surface area contributed by atoms with E-state index in [0.29, 0.717) is 0 Å². The van der Waals surface area contributed by atoms with E-state index >= 15 is 0 Å². The van der Waals surface area contributed by atoms with Crippen LogP contribution in [-0.2, 0) is 4.79 Å². The summed E-state index contributed by atoms with van der Waals surface area (Å²) < 4.78 is 0. The van der Waals surface area contributed by atoms with Crippen LogP contribution in [0.5, 0.6) is 0 Å². The Morgan fingerprint density at radius 1 is 0.800 bits per heavy atom. The number of hydrogen-bond acceptors (Lipinski definition) is 2. The van der Waals surface area contributed by atoms with Crippen molar-refractivity contribution >= 4 is 22.8 Å². The van der Waals surface area contributed by atoms with Gasteiger partial charge in [-0.2, -0.15) is 0 Å². The smallest absolute Gasteiger partial charge is 0.267 e. The zero-order valence-corrected chi connectivity index (χ0v) is 10.7. The molecule has 0 saturated carbocycles. The van der Waals surface area contributed by atoms with Crippen molar-refractivity contribution in [2.75, 3.05) is 0 Å². The number of aromatic nitrogens is 1. The molecule has 96 valence electrons. The molecule has 0 fully saturated rings. The van der Waals surface area contributed by atoms with Gasteiger partial charge in [-0.25, -0.2) is 4.99 Å². The number of rotatable bonds is 0.